The van der Waals surface area contributed by atoms with Crippen molar-refractivity contribution < 1.29 is 48.5 Å². The van der Waals surface area contributed by atoms with Gasteiger partial charge in [0.2, 0.25) is 0 Å². The summed E-state index contributed by atoms with van der Waals surface area (Å²) in [4.78, 5) is 0. The van der Waals surface area contributed by atoms with Crippen LogP contribution < -0.4 is 29.6 Å². The monoisotopic (exact) mass is 122 g/mol. The van der Waals surface area contributed by atoms with Crippen molar-refractivity contribution in [2.45, 2.75) is 0 Å². The zero-order valence-electron chi connectivity index (χ0n) is 4.12. The van der Waals surface area contributed by atoms with E-state index in [1.54, 1.807) is 0 Å². The number of rotatable bonds is 0. The minimum absolute atomic E-state index is 0. The van der Waals surface area contributed by atoms with Crippen molar-refractivity contribution in [3.8, 4) is 0 Å². The Labute approximate surface area is 58.9 Å². The van der Waals surface area contributed by atoms with Gasteiger partial charge in [0.05, 0.1) is 0 Å². The molecule has 0 heterocycles. The van der Waals surface area contributed by atoms with Crippen LogP contribution in [0.3, 0.4) is 0 Å². The molecule has 0 saturated heterocycles. The Bertz CT molecular complexity index is 94.9. The molecule has 0 aliphatic carbocycles. The van der Waals surface area contributed by atoms with Gasteiger partial charge in [-0.15, -0.1) is 0 Å². The minimum atomic E-state index is -4.67. The second kappa shape index (κ2) is 2.95. The molecule has 0 aliphatic rings. The fraction of sp³-hybridized carbons (Fsp3) is 0. The molecular weight excluding hydrogens is 119 g/mol. The Hall–Kier alpha value is 0.870. The summed E-state index contributed by atoms with van der Waals surface area (Å²) in [7, 11) is -4.67. The largest absolute Gasteiger partial charge is 1.00 e. The predicted octanol–water partition coefficient (Wildman–Crippen LogP) is -3.54. The molecule has 0 fully saturated rings. The third-order valence-electron chi connectivity index (χ3n) is 0. The summed E-state index contributed by atoms with van der Waals surface area (Å²) < 4.78 is 31.6. The van der Waals surface area contributed by atoms with Crippen molar-refractivity contribution in [2.24, 2.45) is 0 Å². The number of hydrogen-bond acceptors (Lipinski definition) is 2. The van der Waals surface area contributed by atoms with Crippen molar-refractivity contribution in [1.29, 1.82) is 0 Å². The molecule has 0 aliphatic heterocycles. The molecule has 0 spiro atoms. The van der Waals surface area contributed by atoms with Gasteiger partial charge in [0.15, 0.2) is 0 Å². The molecule has 0 aromatic heterocycles. The molecule has 0 aromatic carbocycles. The van der Waals surface area contributed by atoms with E-state index in [0.29, 0.717) is 0 Å². The Morgan fingerprint density at radius 1 is 1.33 bits per heavy atom. The molecule has 0 saturated carbocycles. The van der Waals surface area contributed by atoms with E-state index in [0.717, 1.165) is 0 Å². The van der Waals surface area contributed by atoms with Gasteiger partial charge in [-0.05, 0) is 0 Å². The minimum Gasteiger partial charge on any atom is -0.264 e. The molecule has 0 bridgehead atoms. The first-order valence-electron chi connectivity index (χ1n) is 0.698. The molecule has 6 heteroatoms. The second-order valence-corrected chi connectivity index (χ2v) is 1.34. The van der Waals surface area contributed by atoms with Gasteiger partial charge in [-0.2, -0.15) is 8.42 Å². The van der Waals surface area contributed by atoms with Crippen LogP contribution in [0.4, 0.5) is 0 Å². The average molecular weight is 122 g/mol. The van der Waals surface area contributed by atoms with Crippen LogP contribution in [0, 0.1) is 0 Å². The average Bonchev–Trinajstić information content (AvgIpc) is 0.722. The summed E-state index contributed by atoms with van der Waals surface area (Å²) >= 11 is 0. The van der Waals surface area contributed by atoms with Crippen LogP contribution in [0.15, 0.2) is 0 Å². The first-order valence-corrected chi connectivity index (χ1v) is 2.10. The first kappa shape index (κ1) is 9.98. The molecule has 0 atom stereocenters. The maximum Gasteiger partial charge on any atom is 1.00 e. The van der Waals surface area contributed by atoms with Gasteiger partial charge >= 0.3 is 41.4 Å². The van der Waals surface area contributed by atoms with Crippen molar-refractivity contribution in [3.63, 3.8) is 0 Å². The van der Waals surface area contributed by atoms with Gasteiger partial charge in [0.1, 0.15) is 0 Å². The van der Waals surface area contributed by atoms with E-state index in [2.05, 4.69) is 0 Å². The van der Waals surface area contributed by atoms with Gasteiger partial charge < -0.3 is 0 Å². The quantitative estimate of drug-likeness (QED) is 0.258. The normalized spacial score (nSPS) is 9.67. The molecule has 0 aromatic rings. The van der Waals surface area contributed by atoms with Gasteiger partial charge in [-0.3, -0.25) is 9.11 Å². The molecule has 2 N–H and O–H groups in total. The standard InChI is InChI=1S/Na.H2O4S/c;1-5(2,3)4/h;(H2,1,2,3,4)/q+1;/p+1. The van der Waals surface area contributed by atoms with E-state index in [-0.39, 0.29) is 31.0 Å². The molecule has 32 valence electrons. The molecule has 0 rings (SSSR count). The zero-order valence-corrected chi connectivity index (χ0v) is 5.94. The molecule has 6 heavy (non-hydrogen) atoms. The predicted molar refractivity (Wildman–Crippen MR) is 15.3 cm³/mol. The van der Waals surface area contributed by atoms with Gasteiger partial charge in [0.25, 0.3) is 0 Å². The fourth-order valence-corrected chi connectivity index (χ4v) is 0. The van der Waals surface area contributed by atoms with Crippen LogP contribution in [0.25, 0.3) is 0 Å². The summed E-state index contributed by atoms with van der Waals surface area (Å²) in [6.45, 7) is 0. The van der Waals surface area contributed by atoms with Gasteiger partial charge in [-0.25, -0.2) is 0 Å². The molecule has 0 radical (unpaired) electrons. The summed E-state index contributed by atoms with van der Waals surface area (Å²) in [5.74, 6) is 0. The van der Waals surface area contributed by atoms with Crippen molar-refractivity contribution in [2.75, 3.05) is 0 Å². The Balaban J connectivity index is -0.0000000800. The van der Waals surface area contributed by atoms with Crippen LogP contribution >= 0.6 is 0 Å². The van der Waals surface area contributed by atoms with Crippen LogP contribution in [-0.4, -0.2) is 17.5 Å². The fourth-order valence-electron chi connectivity index (χ4n) is 0. The Morgan fingerprint density at radius 2 is 1.33 bits per heavy atom. The van der Waals surface area contributed by atoms with E-state index < -0.39 is 10.4 Å². The smallest absolute Gasteiger partial charge is 0.264 e. The zero-order chi connectivity index (χ0) is 4.50. The van der Waals surface area contributed by atoms with E-state index in [4.69, 9.17) is 17.5 Å². The van der Waals surface area contributed by atoms with E-state index in [1.807, 2.05) is 0 Å². The maximum atomic E-state index is 8.74. The summed E-state index contributed by atoms with van der Waals surface area (Å²) in [5.41, 5.74) is 0. The summed E-state index contributed by atoms with van der Waals surface area (Å²) in [6.07, 6.45) is 0. The van der Waals surface area contributed by atoms with Crippen LogP contribution in [0.5, 0.6) is 0 Å². The Kier molecular flexibility index (Phi) is 4.91. The van der Waals surface area contributed by atoms with Gasteiger partial charge in [-0.1, -0.05) is 0 Å². The first-order chi connectivity index (χ1) is 2.00. The third kappa shape index (κ3) is 96.4. The molecule has 0 amide bonds. The van der Waals surface area contributed by atoms with E-state index in [9.17, 15) is 0 Å². The topological polar surface area (TPSA) is 74.6 Å². The second-order valence-electron chi connectivity index (χ2n) is 0.448. The molecular formula is H3NaO4S+2. The Morgan fingerprint density at radius 3 is 1.33 bits per heavy atom. The van der Waals surface area contributed by atoms with Crippen molar-refractivity contribution >= 4 is 10.4 Å². The van der Waals surface area contributed by atoms with Gasteiger partial charge in [0, 0.05) is 0 Å². The van der Waals surface area contributed by atoms with Crippen LogP contribution in [-0.2, 0) is 10.4 Å². The third-order valence-corrected chi connectivity index (χ3v) is 0. The van der Waals surface area contributed by atoms with Crippen LogP contribution in [0.1, 0.15) is 1.43 Å². The van der Waals surface area contributed by atoms with Crippen molar-refractivity contribution in [3.05, 3.63) is 0 Å². The summed E-state index contributed by atoms with van der Waals surface area (Å²) in [6, 6.07) is 0. The maximum absolute atomic E-state index is 8.74. The van der Waals surface area contributed by atoms with E-state index in [1.165, 1.54) is 0 Å². The van der Waals surface area contributed by atoms with Crippen LogP contribution in [0.2, 0.25) is 0 Å². The SMILES string of the molecule is O=S(=O)(O)O.[H+].[Na+]. The van der Waals surface area contributed by atoms with E-state index >= 15 is 0 Å². The molecule has 4 nitrogen and oxygen atoms in total. The summed E-state index contributed by atoms with van der Waals surface area (Å²) in [5, 5.41) is 0. The molecule has 0 unspecified atom stereocenters. The van der Waals surface area contributed by atoms with Crippen molar-refractivity contribution in [1.82, 2.24) is 0 Å². The number of hydrogen-bond donors (Lipinski definition) is 2.